The highest BCUT2D eigenvalue weighted by Crippen LogP contribution is 2.34. The Hall–Kier alpha value is -3.85. The van der Waals surface area contributed by atoms with Crippen LogP contribution in [0.3, 0.4) is 0 Å². The standard InChI is InChI=1S/C29H36N6O3/c1-18(2)34-12-10-21(11-13-34)33-22-15-24-26(32-19(3)36)27(29(37)38-4)35(28(24)31-17-22)14-9-20-16-30-25-8-6-5-7-23(20)25/h5-8,15-18,21,30,33H,9-14H2,1-4H3,(H,32,36). The van der Waals surface area contributed by atoms with E-state index in [1.165, 1.54) is 14.0 Å². The summed E-state index contributed by atoms with van der Waals surface area (Å²) in [4.78, 5) is 35.8. The second-order valence-electron chi connectivity index (χ2n) is 10.3. The van der Waals surface area contributed by atoms with E-state index in [0.29, 0.717) is 47.5 Å². The molecule has 5 rings (SSSR count). The second-order valence-corrected chi connectivity index (χ2v) is 10.3. The van der Waals surface area contributed by atoms with Gasteiger partial charge in [0.15, 0.2) is 5.69 Å². The molecule has 200 valence electrons. The Morgan fingerprint density at radius 3 is 2.66 bits per heavy atom. The molecule has 0 bridgehead atoms. The number of carbonyl (C=O) groups is 2. The number of nitrogens with zero attached hydrogens (tertiary/aromatic N) is 3. The van der Waals surface area contributed by atoms with E-state index in [2.05, 4.69) is 40.4 Å². The Morgan fingerprint density at radius 2 is 1.95 bits per heavy atom. The summed E-state index contributed by atoms with van der Waals surface area (Å²) in [6, 6.07) is 11.0. The predicted molar refractivity (Wildman–Crippen MR) is 151 cm³/mol. The van der Waals surface area contributed by atoms with Crippen molar-refractivity contribution < 1.29 is 14.3 Å². The zero-order chi connectivity index (χ0) is 26.8. The number of nitrogens with one attached hydrogen (secondary N) is 3. The van der Waals surface area contributed by atoms with Crippen molar-refractivity contribution in [1.29, 1.82) is 0 Å². The van der Waals surface area contributed by atoms with Crippen LogP contribution >= 0.6 is 0 Å². The molecule has 1 fully saturated rings. The number of anilines is 2. The van der Waals surface area contributed by atoms with Crippen molar-refractivity contribution in [3.05, 3.63) is 54.0 Å². The summed E-state index contributed by atoms with van der Waals surface area (Å²) >= 11 is 0. The van der Waals surface area contributed by atoms with E-state index in [1.807, 2.05) is 41.2 Å². The number of H-pyrrole nitrogens is 1. The lowest BCUT2D eigenvalue weighted by molar-refractivity contribution is -0.114. The molecule has 4 heterocycles. The number of likely N-dealkylation sites (tertiary alicyclic amines) is 1. The van der Waals surface area contributed by atoms with Gasteiger partial charge in [-0.2, -0.15) is 0 Å². The Morgan fingerprint density at radius 1 is 1.18 bits per heavy atom. The van der Waals surface area contributed by atoms with Crippen molar-refractivity contribution in [1.82, 2.24) is 19.4 Å². The number of piperidine rings is 1. The lowest BCUT2D eigenvalue weighted by atomic mass is 10.0. The monoisotopic (exact) mass is 516 g/mol. The number of carbonyl (C=O) groups excluding carboxylic acids is 2. The minimum atomic E-state index is -0.513. The van der Waals surface area contributed by atoms with Crippen molar-refractivity contribution in [3.8, 4) is 0 Å². The number of pyridine rings is 1. The van der Waals surface area contributed by atoms with E-state index in [-0.39, 0.29) is 5.91 Å². The van der Waals surface area contributed by atoms with Gasteiger partial charge in [-0.15, -0.1) is 0 Å². The van der Waals surface area contributed by atoms with Gasteiger partial charge in [0.05, 0.1) is 24.7 Å². The van der Waals surface area contributed by atoms with Crippen LogP contribution in [0.4, 0.5) is 11.4 Å². The number of hydrogen-bond acceptors (Lipinski definition) is 6. The van der Waals surface area contributed by atoms with Crippen molar-refractivity contribution in [2.75, 3.05) is 30.8 Å². The molecule has 1 aliphatic rings. The zero-order valence-corrected chi connectivity index (χ0v) is 22.5. The highest BCUT2D eigenvalue weighted by molar-refractivity contribution is 6.11. The number of hydrogen-bond donors (Lipinski definition) is 3. The SMILES string of the molecule is COC(=O)c1c(NC(C)=O)c2cc(NC3CCN(C(C)C)CC3)cnc2n1CCc1c[nH]c2ccccc12. The van der Waals surface area contributed by atoms with Crippen LogP contribution in [0, 0.1) is 0 Å². The van der Waals surface area contributed by atoms with Crippen LogP contribution in [0.5, 0.6) is 0 Å². The van der Waals surface area contributed by atoms with Gasteiger partial charge < -0.3 is 29.8 Å². The molecular weight excluding hydrogens is 480 g/mol. The lowest BCUT2D eigenvalue weighted by Crippen LogP contribution is -2.42. The third-order valence-electron chi connectivity index (χ3n) is 7.49. The molecule has 1 aromatic carbocycles. The number of methoxy groups -OCH3 is 1. The van der Waals surface area contributed by atoms with Gasteiger partial charge in [0, 0.05) is 61.1 Å². The summed E-state index contributed by atoms with van der Waals surface area (Å²) < 4.78 is 7.01. The van der Waals surface area contributed by atoms with Crippen molar-refractivity contribution in [3.63, 3.8) is 0 Å². The maximum Gasteiger partial charge on any atom is 0.356 e. The quantitative estimate of drug-likeness (QED) is 0.291. The van der Waals surface area contributed by atoms with Crippen LogP contribution in [-0.2, 0) is 22.5 Å². The Kier molecular flexibility index (Phi) is 7.37. The van der Waals surface area contributed by atoms with Crippen molar-refractivity contribution >= 4 is 45.2 Å². The van der Waals surface area contributed by atoms with Crippen molar-refractivity contribution in [2.45, 2.75) is 58.7 Å². The van der Waals surface area contributed by atoms with E-state index in [9.17, 15) is 9.59 Å². The van der Waals surface area contributed by atoms with Gasteiger partial charge in [-0.1, -0.05) is 18.2 Å². The Balaban J connectivity index is 1.49. The van der Waals surface area contributed by atoms with Crippen LogP contribution < -0.4 is 10.6 Å². The third-order valence-corrected chi connectivity index (χ3v) is 7.49. The minimum Gasteiger partial charge on any atom is -0.464 e. The molecule has 1 amide bonds. The van der Waals surface area contributed by atoms with E-state index in [0.717, 1.165) is 48.1 Å². The van der Waals surface area contributed by atoms with E-state index >= 15 is 0 Å². The number of benzene rings is 1. The average Bonchev–Trinajstić information content (AvgIpc) is 3.45. The van der Waals surface area contributed by atoms with Gasteiger partial charge >= 0.3 is 5.97 Å². The molecule has 0 saturated carbocycles. The number of aromatic amines is 1. The number of rotatable bonds is 8. The third kappa shape index (κ3) is 5.11. The number of fused-ring (bicyclic) bond motifs is 2. The van der Waals surface area contributed by atoms with Gasteiger partial charge in [0.2, 0.25) is 5.91 Å². The van der Waals surface area contributed by atoms with Crippen LogP contribution in [0.1, 0.15) is 49.7 Å². The summed E-state index contributed by atoms with van der Waals surface area (Å²) in [7, 11) is 1.35. The fraction of sp³-hybridized carbons (Fsp3) is 0.414. The molecule has 0 radical (unpaired) electrons. The molecule has 0 unspecified atom stereocenters. The number of esters is 1. The first-order valence-electron chi connectivity index (χ1n) is 13.3. The lowest BCUT2D eigenvalue weighted by Gasteiger charge is -2.35. The van der Waals surface area contributed by atoms with Gasteiger partial charge in [-0.05, 0) is 50.8 Å². The predicted octanol–water partition coefficient (Wildman–Crippen LogP) is 4.79. The molecule has 0 atom stereocenters. The van der Waals surface area contributed by atoms with Crippen LogP contribution in [0.15, 0.2) is 42.7 Å². The number of aromatic nitrogens is 3. The summed E-state index contributed by atoms with van der Waals surface area (Å²) in [6.45, 7) is 8.51. The number of ether oxygens (including phenoxy) is 1. The minimum absolute atomic E-state index is 0.259. The molecule has 3 aromatic heterocycles. The van der Waals surface area contributed by atoms with E-state index in [4.69, 9.17) is 9.72 Å². The maximum atomic E-state index is 13.0. The van der Waals surface area contributed by atoms with Crippen LogP contribution in [0.25, 0.3) is 21.9 Å². The largest absolute Gasteiger partial charge is 0.464 e. The first-order chi connectivity index (χ1) is 18.4. The van der Waals surface area contributed by atoms with Crippen LogP contribution in [0.2, 0.25) is 0 Å². The van der Waals surface area contributed by atoms with Gasteiger partial charge in [0.1, 0.15) is 5.65 Å². The molecule has 1 aliphatic heterocycles. The summed E-state index contributed by atoms with van der Waals surface area (Å²) in [6.07, 6.45) is 6.59. The topological polar surface area (TPSA) is 104 Å². The summed E-state index contributed by atoms with van der Waals surface area (Å²) in [5, 5.41) is 8.37. The Labute approximate surface area is 222 Å². The van der Waals surface area contributed by atoms with Crippen LogP contribution in [-0.4, -0.2) is 63.6 Å². The molecule has 9 nitrogen and oxygen atoms in total. The maximum absolute atomic E-state index is 13.0. The second kappa shape index (κ2) is 10.9. The number of aryl methyl sites for hydroxylation is 2. The highest BCUT2D eigenvalue weighted by atomic mass is 16.5. The van der Waals surface area contributed by atoms with Gasteiger partial charge in [0.25, 0.3) is 0 Å². The molecule has 9 heteroatoms. The highest BCUT2D eigenvalue weighted by Gasteiger charge is 2.26. The zero-order valence-electron chi connectivity index (χ0n) is 22.5. The molecular formula is C29H36N6O3. The molecule has 0 aliphatic carbocycles. The summed E-state index contributed by atoms with van der Waals surface area (Å²) in [5.74, 6) is -0.772. The number of para-hydroxylation sites is 1. The smallest absolute Gasteiger partial charge is 0.356 e. The van der Waals surface area contributed by atoms with Gasteiger partial charge in [-0.25, -0.2) is 9.78 Å². The first-order valence-corrected chi connectivity index (χ1v) is 13.3. The number of amides is 1. The van der Waals surface area contributed by atoms with E-state index in [1.54, 1.807) is 0 Å². The molecule has 38 heavy (non-hydrogen) atoms. The average molecular weight is 517 g/mol. The fourth-order valence-electron chi connectivity index (χ4n) is 5.50. The molecule has 0 spiro atoms. The molecule has 1 saturated heterocycles. The molecule has 4 aromatic rings. The van der Waals surface area contributed by atoms with Crippen molar-refractivity contribution in [2.24, 2.45) is 0 Å². The normalized spacial score (nSPS) is 14.9. The van der Waals surface area contributed by atoms with E-state index < -0.39 is 5.97 Å². The Bertz CT molecular complexity index is 1460. The van der Waals surface area contributed by atoms with Gasteiger partial charge in [-0.3, -0.25) is 4.79 Å². The first kappa shape index (κ1) is 25.8. The summed E-state index contributed by atoms with van der Waals surface area (Å²) in [5.41, 5.74) is 4.45. The molecule has 3 N–H and O–H groups in total. The fourth-order valence-corrected chi connectivity index (χ4v) is 5.50.